The molecule has 0 saturated carbocycles. The van der Waals surface area contributed by atoms with Crippen molar-refractivity contribution in [3.05, 3.63) is 0 Å². The third-order valence-corrected chi connectivity index (χ3v) is 4.04. The highest BCUT2D eigenvalue weighted by Crippen LogP contribution is 2.11. The number of carbonyl (C=O) groups is 3. The lowest BCUT2D eigenvalue weighted by Gasteiger charge is -2.26. The van der Waals surface area contributed by atoms with Crippen molar-refractivity contribution in [1.29, 1.82) is 0 Å². The van der Waals surface area contributed by atoms with Crippen LogP contribution in [0.4, 0.5) is 0 Å². The van der Waals surface area contributed by atoms with E-state index in [9.17, 15) is 19.5 Å². The normalized spacial score (nSPS) is 16.3. The van der Waals surface area contributed by atoms with Crippen LogP contribution in [0, 0.1) is 11.8 Å². The van der Waals surface area contributed by atoms with Crippen LogP contribution in [0.25, 0.3) is 0 Å². The Kier molecular flexibility index (Phi) is 9.90. The van der Waals surface area contributed by atoms with Crippen molar-refractivity contribution >= 4 is 30.4 Å². The quantitative estimate of drug-likeness (QED) is 0.366. The molecule has 0 fully saturated rings. The Hall–Kier alpha value is -1.28. The molecule has 4 atom stereocenters. The molecule has 0 aromatic heterocycles. The Balaban J connectivity index is 5.05. The summed E-state index contributed by atoms with van der Waals surface area (Å²) in [6.07, 6.45) is 0.967. The number of nitrogens with two attached hydrogens (primary N) is 1. The lowest BCUT2D eigenvalue weighted by atomic mass is 9.96. The van der Waals surface area contributed by atoms with Crippen LogP contribution in [0.1, 0.15) is 40.5 Å². The Morgan fingerprint density at radius 1 is 1.13 bits per heavy atom. The number of thiol groups is 1. The molecular formula is C15H29N3O4S. The van der Waals surface area contributed by atoms with E-state index in [1.165, 1.54) is 0 Å². The molecule has 0 bridgehead atoms. The molecule has 2 amide bonds. The smallest absolute Gasteiger partial charge is 0.326 e. The number of carboxylic acids is 1. The zero-order valence-electron chi connectivity index (χ0n) is 14.2. The van der Waals surface area contributed by atoms with Crippen LogP contribution in [0.2, 0.25) is 0 Å². The molecule has 23 heavy (non-hydrogen) atoms. The predicted octanol–water partition coefficient (Wildman–Crippen LogP) is 0.390. The van der Waals surface area contributed by atoms with E-state index in [2.05, 4.69) is 23.3 Å². The fourth-order valence-corrected chi connectivity index (χ4v) is 2.17. The number of carbonyl (C=O) groups excluding carboxylic acids is 2. The summed E-state index contributed by atoms with van der Waals surface area (Å²) in [5.41, 5.74) is 5.61. The monoisotopic (exact) mass is 347 g/mol. The first kappa shape index (κ1) is 21.7. The minimum atomic E-state index is -1.09. The summed E-state index contributed by atoms with van der Waals surface area (Å²) in [4.78, 5) is 35.6. The molecule has 0 aliphatic rings. The second-order valence-electron chi connectivity index (χ2n) is 6.19. The van der Waals surface area contributed by atoms with Crippen LogP contribution in [0.5, 0.6) is 0 Å². The van der Waals surface area contributed by atoms with Gasteiger partial charge in [0.2, 0.25) is 11.8 Å². The number of hydrogen-bond donors (Lipinski definition) is 5. The fourth-order valence-electron chi connectivity index (χ4n) is 2.00. The molecule has 0 saturated heterocycles. The second-order valence-corrected chi connectivity index (χ2v) is 6.55. The van der Waals surface area contributed by atoms with Crippen molar-refractivity contribution in [3.8, 4) is 0 Å². The van der Waals surface area contributed by atoms with Crippen LogP contribution in [-0.2, 0) is 14.4 Å². The van der Waals surface area contributed by atoms with Gasteiger partial charge >= 0.3 is 5.97 Å². The molecule has 134 valence electrons. The van der Waals surface area contributed by atoms with E-state index in [0.717, 1.165) is 0 Å². The molecule has 0 heterocycles. The minimum Gasteiger partial charge on any atom is -0.480 e. The summed E-state index contributed by atoms with van der Waals surface area (Å²) in [5, 5.41) is 14.3. The third kappa shape index (κ3) is 7.69. The van der Waals surface area contributed by atoms with Crippen molar-refractivity contribution < 1.29 is 19.5 Å². The average Bonchev–Trinajstić information content (AvgIpc) is 2.49. The van der Waals surface area contributed by atoms with Gasteiger partial charge in [0, 0.05) is 5.75 Å². The number of carboxylic acid groups (broad SMARTS) is 1. The highest BCUT2D eigenvalue weighted by atomic mass is 32.1. The van der Waals surface area contributed by atoms with E-state index >= 15 is 0 Å². The van der Waals surface area contributed by atoms with E-state index in [1.807, 2.05) is 27.7 Å². The van der Waals surface area contributed by atoms with Crippen molar-refractivity contribution in [2.24, 2.45) is 17.6 Å². The Morgan fingerprint density at radius 3 is 2.09 bits per heavy atom. The van der Waals surface area contributed by atoms with Crippen LogP contribution < -0.4 is 16.4 Å². The molecule has 0 radical (unpaired) electrons. The first-order chi connectivity index (χ1) is 10.6. The molecule has 0 spiro atoms. The molecule has 0 aromatic rings. The van der Waals surface area contributed by atoms with Crippen LogP contribution >= 0.6 is 12.6 Å². The van der Waals surface area contributed by atoms with E-state index in [-0.39, 0.29) is 17.6 Å². The second kappa shape index (κ2) is 10.5. The van der Waals surface area contributed by atoms with Gasteiger partial charge in [-0.25, -0.2) is 4.79 Å². The largest absolute Gasteiger partial charge is 0.480 e. The van der Waals surface area contributed by atoms with E-state index in [1.54, 1.807) is 0 Å². The highest BCUT2D eigenvalue weighted by Gasteiger charge is 2.30. The topological polar surface area (TPSA) is 122 Å². The van der Waals surface area contributed by atoms with Crippen molar-refractivity contribution in [2.45, 2.75) is 58.7 Å². The van der Waals surface area contributed by atoms with Gasteiger partial charge in [0.05, 0.1) is 6.04 Å². The fraction of sp³-hybridized carbons (Fsp3) is 0.800. The Morgan fingerprint density at radius 2 is 1.70 bits per heavy atom. The van der Waals surface area contributed by atoms with Gasteiger partial charge in [-0.05, 0) is 18.3 Å². The molecule has 0 aliphatic heterocycles. The predicted molar refractivity (Wildman–Crippen MR) is 92.2 cm³/mol. The van der Waals surface area contributed by atoms with Gasteiger partial charge in [0.25, 0.3) is 0 Å². The summed E-state index contributed by atoms with van der Waals surface area (Å²) in [6, 6.07) is -2.62. The van der Waals surface area contributed by atoms with Crippen molar-refractivity contribution in [1.82, 2.24) is 10.6 Å². The molecule has 0 aromatic carbocycles. The van der Waals surface area contributed by atoms with Crippen LogP contribution in [0.15, 0.2) is 0 Å². The van der Waals surface area contributed by atoms with Gasteiger partial charge in [-0.15, -0.1) is 0 Å². The number of hydrogen-bond acceptors (Lipinski definition) is 5. The maximum Gasteiger partial charge on any atom is 0.326 e. The minimum absolute atomic E-state index is 0.116. The highest BCUT2D eigenvalue weighted by molar-refractivity contribution is 7.80. The van der Waals surface area contributed by atoms with E-state index in [0.29, 0.717) is 12.8 Å². The van der Waals surface area contributed by atoms with Gasteiger partial charge in [0.1, 0.15) is 12.1 Å². The van der Waals surface area contributed by atoms with Gasteiger partial charge in [-0.2, -0.15) is 12.6 Å². The number of amides is 2. The number of nitrogens with one attached hydrogen (secondary N) is 2. The summed E-state index contributed by atoms with van der Waals surface area (Å²) in [5.74, 6) is -1.95. The summed E-state index contributed by atoms with van der Waals surface area (Å²) in [7, 11) is 0. The molecule has 0 aliphatic carbocycles. The Labute approximate surface area is 143 Å². The standard InChI is InChI=1S/C15H29N3O4S/c1-5-9(4)12(18-13(19)10(16)7-23)14(20)17-11(15(21)22)6-8(2)3/h8-12,23H,5-7,16H2,1-4H3,(H,17,20)(H,18,19)(H,21,22). The molecule has 5 N–H and O–H groups in total. The molecule has 8 heteroatoms. The first-order valence-electron chi connectivity index (χ1n) is 7.83. The molecular weight excluding hydrogens is 318 g/mol. The van der Waals surface area contributed by atoms with Crippen molar-refractivity contribution in [2.75, 3.05) is 5.75 Å². The van der Waals surface area contributed by atoms with Crippen molar-refractivity contribution in [3.63, 3.8) is 0 Å². The summed E-state index contributed by atoms with van der Waals surface area (Å²) in [6.45, 7) is 7.46. The average molecular weight is 347 g/mol. The van der Waals surface area contributed by atoms with Gasteiger partial charge in [0.15, 0.2) is 0 Å². The molecule has 7 nitrogen and oxygen atoms in total. The maximum absolute atomic E-state index is 12.4. The van der Waals surface area contributed by atoms with Gasteiger partial charge in [-0.1, -0.05) is 34.1 Å². The Bertz CT molecular complexity index is 418. The first-order valence-corrected chi connectivity index (χ1v) is 8.47. The van der Waals surface area contributed by atoms with E-state index in [4.69, 9.17) is 5.73 Å². The van der Waals surface area contributed by atoms with Crippen LogP contribution in [0.3, 0.4) is 0 Å². The molecule has 4 unspecified atom stereocenters. The lowest BCUT2D eigenvalue weighted by molar-refractivity contribution is -0.143. The number of rotatable bonds is 10. The summed E-state index contributed by atoms with van der Waals surface area (Å²) >= 11 is 3.96. The zero-order valence-corrected chi connectivity index (χ0v) is 15.1. The maximum atomic E-state index is 12.4. The molecule has 0 rings (SSSR count). The number of aliphatic carboxylic acids is 1. The third-order valence-electron chi connectivity index (χ3n) is 3.65. The summed E-state index contributed by atoms with van der Waals surface area (Å²) < 4.78 is 0. The van der Waals surface area contributed by atoms with Crippen LogP contribution in [-0.4, -0.2) is 46.8 Å². The lowest BCUT2D eigenvalue weighted by Crippen LogP contribution is -2.57. The van der Waals surface area contributed by atoms with Gasteiger partial charge < -0.3 is 21.5 Å². The van der Waals surface area contributed by atoms with E-state index < -0.39 is 35.9 Å². The SMILES string of the molecule is CCC(C)C(NC(=O)C(N)CS)C(=O)NC(CC(C)C)C(=O)O. The zero-order chi connectivity index (χ0) is 18.2. The van der Waals surface area contributed by atoms with Gasteiger partial charge in [-0.3, -0.25) is 9.59 Å².